The molecule has 3 aliphatic heterocycles. The predicted octanol–water partition coefficient (Wildman–Crippen LogP) is 3.70. The van der Waals surface area contributed by atoms with Crippen LogP contribution in [0.1, 0.15) is 16.7 Å². The van der Waals surface area contributed by atoms with Gasteiger partial charge in [-0.3, -0.25) is 4.79 Å². The van der Waals surface area contributed by atoms with E-state index in [4.69, 9.17) is 23.7 Å². The fourth-order valence-corrected chi connectivity index (χ4v) is 5.03. The van der Waals surface area contributed by atoms with Gasteiger partial charge in [0.2, 0.25) is 5.91 Å². The summed E-state index contributed by atoms with van der Waals surface area (Å²) in [7, 11) is 3.21. The number of hydrogen-bond donors (Lipinski definition) is 0. The van der Waals surface area contributed by atoms with Crippen LogP contribution in [0.2, 0.25) is 0 Å². The zero-order valence-electron chi connectivity index (χ0n) is 18.4. The van der Waals surface area contributed by atoms with Crippen molar-refractivity contribution in [2.24, 2.45) is 0 Å². The van der Waals surface area contributed by atoms with E-state index in [1.54, 1.807) is 14.2 Å². The van der Waals surface area contributed by atoms with E-state index < -0.39 is 5.41 Å². The molecule has 0 fully saturated rings. The lowest BCUT2D eigenvalue weighted by atomic mass is 9.77. The van der Waals surface area contributed by atoms with Crippen LogP contribution in [0.3, 0.4) is 0 Å². The monoisotopic (exact) mass is 445 g/mol. The first-order valence-corrected chi connectivity index (χ1v) is 10.8. The minimum absolute atomic E-state index is 0.0195. The summed E-state index contributed by atoms with van der Waals surface area (Å²) in [5, 5.41) is 0. The second kappa shape index (κ2) is 7.33. The molecule has 1 unspecified atom stereocenters. The molecule has 0 saturated heterocycles. The van der Waals surface area contributed by atoms with Crippen LogP contribution in [-0.2, 0) is 16.8 Å². The van der Waals surface area contributed by atoms with Crippen molar-refractivity contribution in [3.05, 3.63) is 71.3 Å². The molecule has 0 aliphatic carbocycles. The van der Waals surface area contributed by atoms with Gasteiger partial charge in [0.15, 0.2) is 23.0 Å². The van der Waals surface area contributed by atoms with E-state index in [1.807, 2.05) is 59.5 Å². The van der Waals surface area contributed by atoms with Gasteiger partial charge >= 0.3 is 0 Å². The number of amides is 1. The zero-order valence-corrected chi connectivity index (χ0v) is 18.4. The van der Waals surface area contributed by atoms with Crippen LogP contribution >= 0.6 is 0 Å². The van der Waals surface area contributed by atoms with E-state index in [9.17, 15) is 4.79 Å². The number of fused-ring (bicyclic) bond motifs is 5. The summed E-state index contributed by atoms with van der Waals surface area (Å²) in [6.45, 7) is 1.62. The van der Waals surface area contributed by atoms with Crippen molar-refractivity contribution in [3.8, 4) is 28.7 Å². The molecule has 1 amide bonds. The van der Waals surface area contributed by atoms with Crippen molar-refractivity contribution in [1.29, 1.82) is 0 Å². The largest absolute Gasteiger partial charge is 0.493 e. The maximum Gasteiger partial charge on any atom is 0.246 e. The molecule has 3 heterocycles. The van der Waals surface area contributed by atoms with Gasteiger partial charge in [0, 0.05) is 17.3 Å². The molecule has 1 atom stereocenters. The van der Waals surface area contributed by atoms with Gasteiger partial charge in [0.1, 0.15) is 31.0 Å². The highest BCUT2D eigenvalue weighted by Crippen LogP contribution is 2.55. The molecule has 0 aromatic heterocycles. The Hall–Kier alpha value is -3.87. The summed E-state index contributed by atoms with van der Waals surface area (Å²) in [5.41, 5.74) is 2.65. The fraction of sp³-hybridized carbons (Fsp3) is 0.269. The van der Waals surface area contributed by atoms with Gasteiger partial charge in [-0.05, 0) is 35.4 Å². The summed E-state index contributed by atoms with van der Waals surface area (Å²) in [6.07, 6.45) is 0. The molecule has 0 radical (unpaired) electrons. The van der Waals surface area contributed by atoms with Crippen LogP contribution in [0.5, 0.6) is 28.7 Å². The molecule has 0 bridgehead atoms. The van der Waals surface area contributed by atoms with E-state index in [0.29, 0.717) is 48.5 Å². The molecule has 3 aromatic carbocycles. The van der Waals surface area contributed by atoms with Crippen molar-refractivity contribution in [3.63, 3.8) is 0 Å². The van der Waals surface area contributed by atoms with Crippen molar-refractivity contribution in [1.82, 2.24) is 0 Å². The van der Waals surface area contributed by atoms with Gasteiger partial charge in [-0.2, -0.15) is 0 Å². The molecule has 7 heteroatoms. The number of para-hydroxylation sites is 1. The third-order valence-corrected chi connectivity index (χ3v) is 6.60. The molecular formula is C26H23NO6. The Kier molecular flexibility index (Phi) is 4.40. The summed E-state index contributed by atoms with van der Waals surface area (Å²) >= 11 is 0. The molecule has 7 nitrogen and oxygen atoms in total. The molecular weight excluding hydrogens is 422 g/mol. The van der Waals surface area contributed by atoms with E-state index in [-0.39, 0.29) is 12.5 Å². The average Bonchev–Trinajstić information content (AvgIpc) is 3.34. The average molecular weight is 445 g/mol. The zero-order chi connectivity index (χ0) is 22.6. The molecule has 168 valence electrons. The van der Waals surface area contributed by atoms with Crippen molar-refractivity contribution >= 4 is 11.6 Å². The summed E-state index contributed by atoms with van der Waals surface area (Å²) < 4.78 is 28.4. The Morgan fingerprint density at radius 2 is 1.61 bits per heavy atom. The van der Waals surface area contributed by atoms with Gasteiger partial charge in [0.25, 0.3) is 0 Å². The quantitative estimate of drug-likeness (QED) is 0.610. The van der Waals surface area contributed by atoms with Gasteiger partial charge in [-0.1, -0.05) is 24.3 Å². The second-order valence-electron chi connectivity index (χ2n) is 8.28. The van der Waals surface area contributed by atoms with Crippen LogP contribution in [-0.4, -0.2) is 39.9 Å². The van der Waals surface area contributed by atoms with E-state index in [1.165, 1.54) is 0 Å². The van der Waals surface area contributed by atoms with E-state index in [0.717, 1.165) is 22.4 Å². The molecule has 33 heavy (non-hydrogen) atoms. The van der Waals surface area contributed by atoms with Gasteiger partial charge in [-0.25, -0.2) is 0 Å². The fourth-order valence-electron chi connectivity index (χ4n) is 5.03. The Morgan fingerprint density at radius 1 is 0.848 bits per heavy atom. The van der Waals surface area contributed by atoms with Crippen molar-refractivity contribution < 1.29 is 28.5 Å². The van der Waals surface area contributed by atoms with Gasteiger partial charge in [-0.15, -0.1) is 0 Å². The number of benzene rings is 3. The number of anilines is 1. The third kappa shape index (κ3) is 2.78. The topological polar surface area (TPSA) is 66.5 Å². The summed E-state index contributed by atoms with van der Waals surface area (Å²) in [4.78, 5) is 15.9. The Morgan fingerprint density at radius 3 is 2.39 bits per heavy atom. The molecule has 3 aliphatic rings. The second-order valence-corrected chi connectivity index (χ2v) is 8.28. The minimum atomic E-state index is -0.918. The number of ether oxygens (including phenoxy) is 5. The first-order chi connectivity index (χ1) is 16.2. The van der Waals surface area contributed by atoms with Gasteiger partial charge < -0.3 is 28.6 Å². The molecule has 0 N–H and O–H groups in total. The first-order valence-electron chi connectivity index (χ1n) is 10.8. The molecule has 1 spiro atoms. The first kappa shape index (κ1) is 19.8. The smallest absolute Gasteiger partial charge is 0.246 e. The molecule has 6 rings (SSSR count). The standard InChI is InChI=1S/C26H23NO6/c1-29-20-8-7-16(11-22(20)30-2)14-27-19-6-4-3-5-17(19)26(25(27)28)15-33-21-13-24-23(12-18(21)26)31-9-10-32-24/h3-8,11-13H,9-10,14-15H2,1-2H3. The van der Waals surface area contributed by atoms with Crippen LogP contribution in [0.25, 0.3) is 0 Å². The summed E-state index contributed by atoms with van der Waals surface area (Å²) in [5.74, 6) is 3.22. The number of hydrogen-bond acceptors (Lipinski definition) is 6. The maximum absolute atomic E-state index is 14.1. The van der Waals surface area contributed by atoms with E-state index in [2.05, 4.69) is 0 Å². The highest BCUT2D eigenvalue weighted by molar-refractivity contribution is 6.11. The minimum Gasteiger partial charge on any atom is -0.493 e. The Bertz CT molecular complexity index is 1270. The predicted molar refractivity (Wildman–Crippen MR) is 121 cm³/mol. The number of nitrogens with zero attached hydrogens (tertiary/aromatic N) is 1. The van der Waals surface area contributed by atoms with Crippen LogP contribution in [0.4, 0.5) is 5.69 Å². The lowest BCUT2D eigenvalue weighted by molar-refractivity contribution is -0.122. The number of carbonyl (C=O) groups excluding carboxylic acids is 1. The lowest BCUT2D eigenvalue weighted by Gasteiger charge is -2.25. The highest BCUT2D eigenvalue weighted by Gasteiger charge is 2.57. The van der Waals surface area contributed by atoms with Crippen LogP contribution in [0.15, 0.2) is 54.6 Å². The summed E-state index contributed by atoms with van der Waals surface area (Å²) in [6, 6.07) is 17.4. The van der Waals surface area contributed by atoms with Crippen molar-refractivity contribution in [2.75, 3.05) is 38.9 Å². The van der Waals surface area contributed by atoms with E-state index >= 15 is 0 Å². The normalized spacial score (nSPS) is 19.8. The number of carbonyl (C=O) groups is 1. The highest BCUT2D eigenvalue weighted by atomic mass is 16.6. The number of methoxy groups -OCH3 is 2. The number of rotatable bonds is 4. The Labute approximate surface area is 191 Å². The Balaban J connectivity index is 1.44. The SMILES string of the molecule is COc1ccc(CN2C(=O)C3(COc4cc5c(cc43)OCCO5)c3ccccc32)cc1OC. The molecule has 3 aromatic rings. The van der Waals surface area contributed by atoms with Crippen LogP contribution in [0, 0.1) is 0 Å². The third-order valence-electron chi connectivity index (χ3n) is 6.60. The maximum atomic E-state index is 14.1. The molecule has 0 saturated carbocycles. The van der Waals surface area contributed by atoms with Crippen molar-refractivity contribution in [2.45, 2.75) is 12.0 Å². The lowest BCUT2D eigenvalue weighted by Crippen LogP contribution is -2.42. The van der Waals surface area contributed by atoms with Gasteiger partial charge in [0.05, 0.1) is 20.8 Å². The van der Waals surface area contributed by atoms with Crippen LogP contribution < -0.4 is 28.6 Å².